The van der Waals surface area contributed by atoms with E-state index in [1.807, 2.05) is 36.6 Å². The molecule has 0 unspecified atom stereocenters. The third-order valence-electron chi connectivity index (χ3n) is 2.50. The summed E-state index contributed by atoms with van der Waals surface area (Å²) in [5, 5.41) is 4.94. The second-order valence-electron chi connectivity index (χ2n) is 3.89. The Morgan fingerprint density at radius 3 is 2.55 bits per heavy atom. The summed E-state index contributed by atoms with van der Waals surface area (Å²) >= 11 is 3.16. The minimum absolute atomic E-state index is 0.777. The van der Waals surface area contributed by atoms with Crippen molar-refractivity contribution >= 4 is 29.3 Å². The maximum atomic E-state index is 5.16. The number of hydrogen-bond donors (Lipinski definition) is 1. The van der Waals surface area contributed by atoms with Crippen molar-refractivity contribution in [2.24, 2.45) is 0 Å². The fourth-order valence-electron chi connectivity index (χ4n) is 1.58. The summed E-state index contributed by atoms with van der Waals surface area (Å²) < 4.78 is 5.16. The normalized spacial score (nSPS) is 10.3. The van der Waals surface area contributed by atoms with Gasteiger partial charge in [0.25, 0.3) is 0 Å². The van der Waals surface area contributed by atoms with Gasteiger partial charge in [0.05, 0.1) is 7.11 Å². The number of thioether (sulfide) groups is 1. The molecule has 0 fully saturated rings. The largest absolute Gasteiger partial charge is 0.497 e. The van der Waals surface area contributed by atoms with E-state index in [0.29, 0.717) is 0 Å². The minimum atomic E-state index is 0.777. The van der Waals surface area contributed by atoms with Crippen LogP contribution in [0.15, 0.2) is 45.4 Å². The zero-order chi connectivity index (χ0) is 14.4. The highest BCUT2D eigenvalue weighted by Gasteiger charge is 2.05. The van der Waals surface area contributed by atoms with E-state index in [9.17, 15) is 0 Å². The van der Waals surface area contributed by atoms with Gasteiger partial charge in [0.1, 0.15) is 16.6 Å². The number of anilines is 1. The molecule has 1 aromatic heterocycles. The lowest BCUT2D eigenvalue weighted by molar-refractivity contribution is 0.414. The molecule has 0 saturated carbocycles. The molecule has 0 amide bonds. The van der Waals surface area contributed by atoms with Crippen LogP contribution in [0.5, 0.6) is 5.75 Å². The van der Waals surface area contributed by atoms with Crippen molar-refractivity contribution in [3.05, 3.63) is 30.3 Å². The van der Waals surface area contributed by atoms with Crippen molar-refractivity contribution < 1.29 is 4.74 Å². The molecule has 2 aromatic rings. The van der Waals surface area contributed by atoms with E-state index < -0.39 is 0 Å². The number of benzene rings is 1. The van der Waals surface area contributed by atoms with Crippen LogP contribution < -0.4 is 10.1 Å². The molecular formula is C14H17N3OS2. The minimum Gasteiger partial charge on any atom is -0.497 e. The monoisotopic (exact) mass is 307 g/mol. The standard InChI is InChI=1S/C14H17N3OS2/c1-4-15-12-9-13(17-14(16-12)19-3)20-11-7-5-10(18-2)6-8-11/h5-9H,4H2,1-3H3,(H,15,16,17). The predicted molar refractivity (Wildman–Crippen MR) is 85.1 cm³/mol. The SMILES string of the molecule is CCNc1cc(Sc2ccc(OC)cc2)nc(SC)n1. The second kappa shape index (κ2) is 7.40. The van der Waals surface area contributed by atoms with Gasteiger partial charge in [-0.05, 0) is 37.4 Å². The van der Waals surface area contributed by atoms with Crippen LogP contribution >= 0.6 is 23.5 Å². The Morgan fingerprint density at radius 1 is 1.20 bits per heavy atom. The van der Waals surface area contributed by atoms with Gasteiger partial charge in [-0.15, -0.1) is 0 Å². The van der Waals surface area contributed by atoms with Crippen molar-refractivity contribution in [3.8, 4) is 5.75 Å². The summed E-state index contributed by atoms with van der Waals surface area (Å²) in [5.74, 6) is 1.72. The highest BCUT2D eigenvalue weighted by atomic mass is 32.2. The van der Waals surface area contributed by atoms with Gasteiger partial charge in [-0.25, -0.2) is 9.97 Å². The number of nitrogens with one attached hydrogen (secondary N) is 1. The molecule has 1 aromatic carbocycles. The molecule has 0 spiro atoms. The maximum absolute atomic E-state index is 5.16. The van der Waals surface area contributed by atoms with Gasteiger partial charge in [-0.2, -0.15) is 0 Å². The summed E-state index contributed by atoms with van der Waals surface area (Å²) in [7, 11) is 1.67. The van der Waals surface area contributed by atoms with Gasteiger partial charge in [0.15, 0.2) is 5.16 Å². The van der Waals surface area contributed by atoms with Gasteiger partial charge >= 0.3 is 0 Å². The molecule has 0 atom stereocenters. The predicted octanol–water partition coefficient (Wildman–Crippen LogP) is 3.79. The molecule has 1 heterocycles. The van der Waals surface area contributed by atoms with E-state index >= 15 is 0 Å². The maximum Gasteiger partial charge on any atom is 0.190 e. The van der Waals surface area contributed by atoms with Crippen LogP contribution in [0.2, 0.25) is 0 Å². The zero-order valence-corrected chi connectivity index (χ0v) is 13.3. The number of rotatable bonds is 6. The van der Waals surface area contributed by atoms with Gasteiger partial charge in [0.2, 0.25) is 0 Å². The van der Waals surface area contributed by atoms with Crippen LogP contribution in [0, 0.1) is 0 Å². The average molecular weight is 307 g/mol. The Morgan fingerprint density at radius 2 is 1.95 bits per heavy atom. The Balaban J connectivity index is 2.20. The van der Waals surface area contributed by atoms with Crippen molar-refractivity contribution in [2.75, 3.05) is 25.2 Å². The summed E-state index contributed by atoms with van der Waals surface area (Å²) in [4.78, 5) is 10.1. The molecule has 106 valence electrons. The summed E-state index contributed by atoms with van der Waals surface area (Å²) in [6, 6.07) is 9.92. The van der Waals surface area contributed by atoms with Crippen molar-refractivity contribution in [1.82, 2.24) is 9.97 Å². The third-order valence-corrected chi connectivity index (χ3v) is 3.98. The Kier molecular flexibility index (Phi) is 5.55. The van der Waals surface area contributed by atoms with Gasteiger partial charge in [0, 0.05) is 17.5 Å². The molecular weight excluding hydrogens is 290 g/mol. The molecule has 1 N–H and O–H groups in total. The third kappa shape index (κ3) is 4.05. The first kappa shape index (κ1) is 15.0. The van der Waals surface area contributed by atoms with Crippen LogP contribution in [0.25, 0.3) is 0 Å². The summed E-state index contributed by atoms with van der Waals surface area (Å²) in [6.45, 7) is 2.90. The average Bonchev–Trinajstić information content (AvgIpc) is 2.48. The lowest BCUT2D eigenvalue weighted by atomic mass is 10.3. The fraction of sp³-hybridized carbons (Fsp3) is 0.286. The highest BCUT2D eigenvalue weighted by molar-refractivity contribution is 7.99. The van der Waals surface area contributed by atoms with Gasteiger partial charge in [-0.1, -0.05) is 23.5 Å². The number of hydrogen-bond acceptors (Lipinski definition) is 6. The van der Waals surface area contributed by atoms with Crippen LogP contribution in [0.1, 0.15) is 6.92 Å². The Labute approximate surface area is 127 Å². The molecule has 0 saturated heterocycles. The zero-order valence-electron chi connectivity index (χ0n) is 11.7. The number of ether oxygens (including phenoxy) is 1. The molecule has 2 rings (SSSR count). The number of aromatic nitrogens is 2. The van der Waals surface area contributed by atoms with E-state index in [1.165, 1.54) is 0 Å². The van der Waals surface area contributed by atoms with Crippen LogP contribution in [-0.4, -0.2) is 29.9 Å². The van der Waals surface area contributed by atoms with Crippen LogP contribution in [0.4, 0.5) is 5.82 Å². The topological polar surface area (TPSA) is 47.0 Å². The smallest absolute Gasteiger partial charge is 0.190 e. The lowest BCUT2D eigenvalue weighted by Crippen LogP contribution is -2.01. The lowest BCUT2D eigenvalue weighted by Gasteiger charge is -2.07. The van der Waals surface area contributed by atoms with Crippen molar-refractivity contribution in [2.45, 2.75) is 22.0 Å². The van der Waals surface area contributed by atoms with Gasteiger partial charge in [-0.3, -0.25) is 0 Å². The molecule has 6 heteroatoms. The van der Waals surface area contributed by atoms with E-state index in [1.54, 1.807) is 30.6 Å². The summed E-state index contributed by atoms with van der Waals surface area (Å²) in [5.41, 5.74) is 0. The molecule has 0 aliphatic heterocycles. The second-order valence-corrected chi connectivity index (χ2v) is 5.75. The van der Waals surface area contributed by atoms with E-state index in [2.05, 4.69) is 22.2 Å². The van der Waals surface area contributed by atoms with Crippen LogP contribution in [0.3, 0.4) is 0 Å². The first-order valence-electron chi connectivity index (χ1n) is 6.24. The van der Waals surface area contributed by atoms with E-state index in [0.717, 1.165) is 33.2 Å². The molecule has 0 bridgehead atoms. The van der Waals surface area contributed by atoms with E-state index in [-0.39, 0.29) is 0 Å². The van der Waals surface area contributed by atoms with Crippen molar-refractivity contribution in [1.29, 1.82) is 0 Å². The molecule has 4 nitrogen and oxygen atoms in total. The highest BCUT2D eigenvalue weighted by Crippen LogP contribution is 2.30. The van der Waals surface area contributed by atoms with Gasteiger partial charge < -0.3 is 10.1 Å². The number of methoxy groups -OCH3 is 1. The molecule has 20 heavy (non-hydrogen) atoms. The number of nitrogens with zero attached hydrogens (tertiary/aromatic N) is 2. The van der Waals surface area contributed by atoms with Crippen LogP contribution in [-0.2, 0) is 0 Å². The molecule has 0 aliphatic carbocycles. The summed E-state index contributed by atoms with van der Waals surface area (Å²) in [6.07, 6.45) is 1.98. The molecule has 0 radical (unpaired) electrons. The Bertz CT molecular complexity index is 561. The molecule has 0 aliphatic rings. The Hall–Kier alpha value is -1.40. The first-order chi connectivity index (χ1) is 9.75. The van der Waals surface area contributed by atoms with Crippen molar-refractivity contribution in [3.63, 3.8) is 0 Å². The van der Waals surface area contributed by atoms with E-state index in [4.69, 9.17) is 4.74 Å². The fourth-order valence-corrected chi connectivity index (χ4v) is 2.84. The quantitative estimate of drug-likeness (QED) is 0.498. The first-order valence-corrected chi connectivity index (χ1v) is 8.28.